The third kappa shape index (κ3) is 7.40. The van der Waals surface area contributed by atoms with Crippen molar-refractivity contribution in [3.63, 3.8) is 0 Å². The number of hydrogen-bond acceptors (Lipinski definition) is 10. The number of amides is 1. The minimum atomic E-state index is -3.40. The fraction of sp³-hybridized carbons (Fsp3) is 0.429. The smallest absolute Gasteiger partial charge is 0.306 e. The van der Waals surface area contributed by atoms with Gasteiger partial charge in [-0.15, -0.1) is 11.3 Å². The fourth-order valence-corrected chi connectivity index (χ4v) is 6.95. The summed E-state index contributed by atoms with van der Waals surface area (Å²) in [6.45, 7) is 5.80. The normalized spacial score (nSPS) is 16.5. The molecule has 0 unspecified atom stereocenters. The van der Waals surface area contributed by atoms with Crippen molar-refractivity contribution in [3.05, 3.63) is 53.2 Å². The molecule has 218 valence electrons. The van der Waals surface area contributed by atoms with Crippen molar-refractivity contribution >= 4 is 38.2 Å². The Bertz CT molecular complexity index is 1510. The van der Waals surface area contributed by atoms with Crippen molar-refractivity contribution in [3.8, 4) is 17.2 Å². The number of rotatable bonds is 11. The van der Waals surface area contributed by atoms with Gasteiger partial charge in [0, 0.05) is 29.2 Å². The largest absolute Gasteiger partial charge is 0.491 e. The van der Waals surface area contributed by atoms with Crippen LogP contribution in [0.4, 0.5) is 5.13 Å². The lowest BCUT2D eigenvalue weighted by Crippen LogP contribution is -2.35. The van der Waals surface area contributed by atoms with Crippen LogP contribution in [0, 0.1) is 5.92 Å². The van der Waals surface area contributed by atoms with Crippen LogP contribution in [0.3, 0.4) is 0 Å². The standard InChI is InChI=1S/C28H32N4O7S2/c1-17(2)38-21-11-19(12-22(13-21)39-20-3-6-25(29-14-20)41(36,37)24-4-5-24)26(33)31-28-30-15-23(40-28)16-32-9-7-18(8-10-32)27(34)35/h3,6,11-15,17-18,24H,4-5,7-10,16H2,1-2H3,(H,34,35)(H,30,31,33). The van der Waals surface area contributed by atoms with E-state index < -0.39 is 21.7 Å². The highest BCUT2D eigenvalue weighted by atomic mass is 32.2. The maximum absolute atomic E-state index is 13.2. The molecule has 0 radical (unpaired) electrons. The van der Waals surface area contributed by atoms with Gasteiger partial charge in [-0.3, -0.25) is 19.8 Å². The number of pyridine rings is 1. The summed E-state index contributed by atoms with van der Waals surface area (Å²) >= 11 is 1.37. The van der Waals surface area contributed by atoms with E-state index in [0.717, 1.165) is 4.88 Å². The number of carbonyl (C=O) groups is 2. The number of benzene rings is 1. The van der Waals surface area contributed by atoms with Crippen molar-refractivity contribution in [2.45, 2.75) is 62.5 Å². The van der Waals surface area contributed by atoms with E-state index in [-0.39, 0.29) is 22.3 Å². The molecule has 3 aromatic rings. The monoisotopic (exact) mass is 600 g/mol. The van der Waals surface area contributed by atoms with Crippen LogP contribution in [0.5, 0.6) is 17.2 Å². The molecular weight excluding hydrogens is 568 g/mol. The second kappa shape index (κ2) is 12.1. The number of aromatic nitrogens is 2. The molecule has 3 heterocycles. The summed E-state index contributed by atoms with van der Waals surface area (Å²) in [6, 6.07) is 7.81. The van der Waals surface area contributed by atoms with Crippen molar-refractivity contribution < 1.29 is 32.6 Å². The highest BCUT2D eigenvalue weighted by Gasteiger charge is 2.37. The number of anilines is 1. The topological polar surface area (TPSA) is 148 Å². The Balaban J connectivity index is 1.25. The van der Waals surface area contributed by atoms with Gasteiger partial charge in [0.05, 0.1) is 23.5 Å². The molecule has 2 aliphatic rings. The molecule has 1 saturated carbocycles. The van der Waals surface area contributed by atoms with Gasteiger partial charge < -0.3 is 14.6 Å². The number of likely N-dealkylation sites (tertiary alicyclic amines) is 1. The van der Waals surface area contributed by atoms with Crippen LogP contribution in [0.1, 0.15) is 54.8 Å². The van der Waals surface area contributed by atoms with Crippen molar-refractivity contribution in [2.24, 2.45) is 5.92 Å². The lowest BCUT2D eigenvalue weighted by Gasteiger charge is -2.29. The average molecular weight is 601 g/mol. The average Bonchev–Trinajstić information content (AvgIpc) is 3.71. The summed E-state index contributed by atoms with van der Waals surface area (Å²) in [6.07, 6.45) is 5.49. The predicted molar refractivity (Wildman–Crippen MR) is 152 cm³/mol. The second-order valence-corrected chi connectivity index (χ2v) is 13.8. The number of piperidine rings is 1. The number of carboxylic acid groups (broad SMARTS) is 1. The van der Waals surface area contributed by atoms with Gasteiger partial charge in [0.15, 0.2) is 20.0 Å². The molecule has 0 atom stereocenters. The number of hydrogen-bond donors (Lipinski definition) is 2. The van der Waals surface area contributed by atoms with Gasteiger partial charge in [-0.1, -0.05) is 0 Å². The molecule has 2 N–H and O–H groups in total. The Morgan fingerprint density at radius 2 is 1.78 bits per heavy atom. The first-order chi connectivity index (χ1) is 19.6. The lowest BCUT2D eigenvalue weighted by molar-refractivity contribution is -0.143. The highest BCUT2D eigenvalue weighted by Crippen LogP contribution is 2.34. The number of ether oxygens (including phenoxy) is 2. The second-order valence-electron chi connectivity index (χ2n) is 10.5. The van der Waals surface area contributed by atoms with Crippen molar-refractivity contribution in [1.82, 2.24) is 14.9 Å². The molecule has 2 fully saturated rings. The zero-order valence-corrected chi connectivity index (χ0v) is 24.4. The van der Waals surface area contributed by atoms with E-state index in [1.165, 1.54) is 23.6 Å². The maximum atomic E-state index is 13.2. The first-order valence-corrected chi connectivity index (χ1v) is 15.8. The van der Waals surface area contributed by atoms with E-state index in [1.807, 2.05) is 13.8 Å². The molecule has 1 amide bonds. The third-order valence-corrected chi connectivity index (χ3v) is 9.88. The molecule has 11 nitrogen and oxygen atoms in total. The number of sulfone groups is 1. The van der Waals surface area contributed by atoms with Crippen molar-refractivity contribution in [1.29, 1.82) is 0 Å². The number of nitrogens with one attached hydrogen (secondary N) is 1. The van der Waals surface area contributed by atoms with Crippen LogP contribution >= 0.6 is 11.3 Å². The van der Waals surface area contributed by atoms with Crippen molar-refractivity contribution in [2.75, 3.05) is 18.4 Å². The van der Waals surface area contributed by atoms with Gasteiger partial charge in [-0.25, -0.2) is 18.4 Å². The minimum absolute atomic E-state index is 0.0249. The van der Waals surface area contributed by atoms with Gasteiger partial charge in [0.2, 0.25) is 0 Å². The maximum Gasteiger partial charge on any atom is 0.306 e. The highest BCUT2D eigenvalue weighted by molar-refractivity contribution is 7.92. The Hall–Kier alpha value is -3.55. The van der Waals surface area contributed by atoms with Gasteiger partial charge in [-0.2, -0.15) is 0 Å². The summed E-state index contributed by atoms with van der Waals surface area (Å²) in [4.78, 5) is 36.0. The molecule has 41 heavy (non-hydrogen) atoms. The van der Waals surface area contributed by atoms with Crippen LogP contribution < -0.4 is 14.8 Å². The zero-order chi connectivity index (χ0) is 29.1. The molecule has 1 aliphatic heterocycles. The summed E-state index contributed by atoms with van der Waals surface area (Å²) < 4.78 is 36.6. The Morgan fingerprint density at radius 3 is 2.41 bits per heavy atom. The summed E-state index contributed by atoms with van der Waals surface area (Å²) in [5.74, 6) is -0.324. The van der Waals surface area contributed by atoms with Crippen LogP contribution in [0.25, 0.3) is 0 Å². The molecule has 0 bridgehead atoms. The van der Waals surface area contributed by atoms with Crippen LogP contribution in [0.2, 0.25) is 0 Å². The van der Waals surface area contributed by atoms with E-state index in [9.17, 15) is 23.1 Å². The Morgan fingerprint density at radius 1 is 1.05 bits per heavy atom. The molecule has 2 aromatic heterocycles. The van der Waals surface area contributed by atoms with E-state index in [0.29, 0.717) is 73.3 Å². The van der Waals surface area contributed by atoms with Crippen LogP contribution in [-0.2, 0) is 21.2 Å². The molecule has 5 rings (SSSR count). The van der Waals surface area contributed by atoms with E-state index in [4.69, 9.17) is 9.47 Å². The van der Waals surface area contributed by atoms with Crippen LogP contribution in [-0.4, -0.2) is 64.7 Å². The van der Waals surface area contributed by atoms with E-state index in [1.54, 1.807) is 30.5 Å². The van der Waals surface area contributed by atoms with Gasteiger partial charge in [-0.05, 0) is 76.9 Å². The van der Waals surface area contributed by atoms with Gasteiger partial charge >= 0.3 is 5.97 Å². The summed E-state index contributed by atoms with van der Waals surface area (Å²) in [5.41, 5.74) is 0.298. The number of carbonyl (C=O) groups excluding carboxylic acids is 1. The molecule has 1 aromatic carbocycles. The third-order valence-electron chi connectivity index (χ3n) is 6.80. The molecule has 1 saturated heterocycles. The Kier molecular flexibility index (Phi) is 8.57. The molecule has 13 heteroatoms. The van der Waals surface area contributed by atoms with E-state index >= 15 is 0 Å². The zero-order valence-electron chi connectivity index (χ0n) is 22.8. The SMILES string of the molecule is CC(C)Oc1cc(Oc2ccc(S(=O)(=O)C3CC3)nc2)cc(C(=O)Nc2ncc(CN3CCC(C(=O)O)CC3)s2)c1. The van der Waals surface area contributed by atoms with Gasteiger partial charge in [0.1, 0.15) is 17.2 Å². The van der Waals surface area contributed by atoms with Crippen LogP contribution in [0.15, 0.2) is 47.8 Å². The van der Waals surface area contributed by atoms with E-state index in [2.05, 4.69) is 20.2 Å². The number of nitrogens with zero attached hydrogens (tertiary/aromatic N) is 3. The first kappa shape index (κ1) is 29.0. The quantitative estimate of drug-likeness (QED) is 0.320. The fourth-order valence-electron chi connectivity index (χ4n) is 4.55. The summed E-state index contributed by atoms with van der Waals surface area (Å²) in [7, 11) is -3.40. The number of thiazole rings is 1. The molecular formula is C28H32N4O7S2. The first-order valence-electron chi connectivity index (χ1n) is 13.5. The number of aliphatic carboxylic acids is 1. The minimum Gasteiger partial charge on any atom is -0.491 e. The summed E-state index contributed by atoms with van der Waals surface area (Å²) in [5, 5.41) is 12.1. The molecule has 1 aliphatic carbocycles. The molecule has 0 spiro atoms. The predicted octanol–water partition coefficient (Wildman–Crippen LogP) is 4.60. The lowest BCUT2D eigenvalue weighted by atomic mass is 9.97. The van der Waals surface area contributed by atoms with Gasteiger partial charge in [0.25, 0.3) is 5.91 Å². The Labute approximate surface area is 242 Å². The number of carboxylic acids is 1.